The van der Waals surface area contributed by atoms with Crippen molar-refractivity contribution in [3.8, 4) is 0 Å². The minimum Gasteiger partial charge on any atom is -0.443 e. The van der Waals surface area contributed by atoms with Gasteiger partial charge in [0.25, 0.3) is 0 Å². The van der Waals surface area contributed by atoms with E-state index < -0.39 is 21.2 Å². The quantitative estimate of drug-likeness (QED) is 0.527. The Labute approximate surface area is 117 Å². The number of hydrogen-bond acceptors (Lipinski definition) is 6. The van der Waals surface area contributed by atoms with Crippen LogP contribution in [0.4, 0.5) is 11.4 Å². The summed E-state index contributed by atoms with van der Waals surface area (Å²) in [7, 11) is 0. The summed E-state index contributed by atoms with van der Waals surface area (Å²) < 4.78 is 5.01. The van der Waals surface area contributed by atoms with Crippen molar-refractivity contribution in [2.75, 3.05) is 0 Å². The molecule has 0 saturated carbocycles. The molecule has 0 aliphatic heterocycles. The van der Waals surface area contributed by atoms with E-state index in [1.165, 1.54) is 18.5 Å². The Kier molecular flexibility index (Phi) is 4.20. The maximum Gasteiger partial charge on any atom is 0.346 e. The molecule has 0 fully saturated rings. The highest BCUT2D eigenvalue weighted by Crippen LogP contribution is 2.24. The number of fused-ring (bicyclic) bond motifs is 1. The number of hydrogen-bond donors (Lipinski definition) is 0. The second-order valence-electron chi connectivity index (χ2n) is 3.82. The molecule has 0 radical (unpaired) electrons. The Hall–Kier alpha value is -3.29. The summed E-state index contributed by atoms with van der Waals surface area (Å²) >= 11 is 0. The van der Waals surface area contributed by atoms with Crippen LogP contribution in [-0.2, 0) is 0 Å². The van der Waals surface area contributed by atoms with E-state index in [-0.39, 0.29) is 0 Å². The summed E-state index contributed by atoms with van der Waals surface area (Å²) in [6.45, 7) is 0. The van der Waals surface area contributed by atoms with Gasteiger partial charge in [-0.05, 0) is 12.1 Å². The summed E-state index contributed by atoms with van der Waals surface area (Å²) in [4.78, 5) is 22.8. The molecule has 3 aromatic rings. The van der Waals surface area contributed by atoms with Gasteiger partial charge in [0.15, 0.2) is 12.0 Å². The molecule has 0 unspecified atom stereocenters. The molecular formula is C13H9N3O5. The fourth-order valence-electron chi connectivity index (χ4n) is 1.58. The van der Waals surface area contributed by atoms with E-state index in [0.29, 0.717) is 0 Å². The molecule has 0 saturated heterocycles. The number of nitro groups is 2. The van der Waals surface area contributed by atoms with Crippen LogP contribution in [0.15, 0.2) is 59.3 Å². The van der Waals surface area contributed by atoms with Gasteiger partial charge in [-0.2, -0.15) is 0 Å². The Morgan fingerprint density at radius 3 is 1.90 bits per heavy atom. The van der Waals surface area contributed by atoms with Crippen molar-refractivity contribution < 1.29 is 14.3 Å². The molecule has 8 nitrogen and oxygen atoms in total. The van der Waals surface area contributed by atoms with Crippen molar-refractivity contribution in [3.05, 3.63) is 75.2 Å². The third kappa shape index (κ3) is 3.38. The summed E-state index contributed by atoms with van der Waals surface area (Å²) in [5, 5.41) is 20.5. The smallest absolute Gasteiger partial charge is 0.346 e. The topological polar surface area (TPSA) is 112 Å². The number of para-hydroxylation sites is 4. The first kappa shape index (κ1) is 14.1. The highest BCUT2D eigenvalue weighted by atomic mass is 16.6. The van der Waals surface area contributed by atoms with Crippen LogP contribution >= 0.6 is 0 Å². The van der Waals surface area contributed by atoms with Gasteiger partial charge in [-0.3, -0.25) is 20.2 Å². The number of benzene rings is 2. The van der Waals surface area contributed by atoms with Crippen LogP contribution in [0.25, 0.3) is 11.1 Å². The Balaban J connectivity index is 0.000000159. The summed E-state index contributed by atoms with van der Waals surface area (Å²) in [5.74, 6) is 0. The highest BCUT2D eigenvalue weighted by Gasteiger charge is 2.21. The normalized spacial score (nSPS) is 9.71. The minimum absolute atomic E-state index is 0.484. The lowest BCUT2D eigenvalue weighted by molar-refractivity contribution is -0.422. The zero-order valence-electron chi connectivity index (χ0n) is 10.6. The SMILES string of the molecule is O=[N+]([O-])c1ccccc1[N+](=O)[O-].c1ccc2ocnc2c1. The number of nitrogens with zero attached hydrogens (tertiary/aromatic N) is 3. The maximum absolute atomic E-state index is 10.2. The summed E-state index contributed by atoms with van der Waals surface area (Å²) in [5.41, 5.74) is 0.792. The van der Waals surface area contributed by atoms with E-state index in [4.69, 9.17) is 4.42 Å². The monoisotopic (exact) mass is 287 g/mol. The second kappa shape index (κ2) is 6.24. The number of nitro benzene ring substituents is 2. The Bertz CT molecular complexity index is 721. The van der Waals surface area contributed by atoms with Crippen LogP contribution in [0.3, 0.4) is 0 Å². The largest absolute Gasteiger partial charge is 0.443 e. The van der Waals surface area contributed by atoms with Crippen molar-refractivity contribution in [3.63, 3.8) is 0 Å². The van der Waals surface area contributed by atoms with Gasteiger partial charge < -0.3 is 4.42 Å². The fraction of sp³-hybridized carbons (Fsp3) is 0. The first-order valence-corrected chi connectivity index (χ1v) is 5.75. The molecule has 0 atom stereocenters. The molecule has 3 rings (SSSR count). The second-order valence-corrected chi connectivity index (χ2v) is 3.82. The summed E-state index contributed by atoms with van der Waals surface area (Å²) in [6, 6.07) is 12.6. The fourth-order valence-corrected chi connectivity index (χ4v) is 1.58. The van der Waals surface area contributed by atoms with Crippen LogP contribution in [0.1, 0.15) is 0 Å². The average molecular weight is 287 g/mol. The van der Waals surface area contributed by atoms with Crippen LogP contribution in [0.2, 0.25) is 0 Å². The lowest BCUT2D eigenvalue weighted by atomic mass is 10.3. The van der Waals surface area contributed by atoms with Gasteiger partial charge in [0.2, 0.25) is 0 Å². The molecule has 1 heterocycles. The molecule has 8 heteroatoms. The van der Waals surface area contributed by atoms with Crippen molar-refractivity contribution >= 4 is 22.5 Å². The van der Waals surface area contributed by atoms with Gasteiger partial charge in [-0.1, -0.05) is 24.3 Å². The van der Waals surface area contributed by atoms with E-state index in [9.17, 15) is 20.2 Å². The van der Waals surface area contributed by atoms with Gasteiger partial charge >= 0.3 is 11.4 Å². The van der Waals surface area contributed by atoms with Crippen molar-refractivity contribution in [1.82, 2.24) is 4.98 Å². The molecule has 1 aromatic heterocycles. The van der Waals surface area contributed by atoms with E-state index in [0.717, 1.165) is 23.2 Å². The molecule has 0 spiro atoms. The van der Waals surface area contributed by atoms with Gasteiger partial charge in [-0.15, -0.1) is 0 Å². The van der Waals surface area contributed by atoms with E-state index in [1.54, 1.807) is 0 Å². The standard InChI is InChI=1S/C7H5NO.C6H4N2O4/c1-2-4-7-6(3-1)8-5-9-7;9-7(10)5-3-1-2-4-6(5)8(11)12/h1-5H;1-4H. The molecule has 0 aliphatic carbocycles. The molecule has 0 aliphatic rings. The minimum atomic E-state index is -0.780. The van der Waals surface area contributed by atoms with Crippen LogP contribution in [-0.4, -0.2) is 14.8 Å². The van der Waals surface area contributed by atoms with Crippen LogP contribution in [0, 0.1) is 20.2 Å². The predicted molar refractivity (Wildman–Crippen MR) is 73.8 cm³/mol. The molecule has 2 aromatic carbocycles. The Morgan fingerprint density at radius 2 is 1.38 bits per heavy atom. The number of aromatic nitrogens is 1. The van der Waals surface area contributed by atoms with Gasteiger partial charge in [0.05, 0.1) is 9.85 Å². The highest BCUT2D eigenvalue weighted by molar-refractivity contribution is 5.71. The summed E-state index contributed by atoms with van der Waals surface area (Å²) in [6.07, 6.45) is 1.45. The molecule has 0 bridgehead atoms. The molecular weight excluding hydrogens is 278 g/mol. The van der Waals surface area contributed by atoms with Crippen LogP contribution < -0.4 is 0 Å². The first-order valence-electron chi connectivity index (χ1n) is 5.75. The Morgan fingerprint density at radius 1 is 0.857 bits per heavy atom. The third-order valence-corrected chi connectivity index (χ3v) is 2.51. The van der Waals surface area contributed by atoms with Crippen molar-refractivity contribution in [2.24, 2.45) is 0 Å². The van der Waals surface area contributed by atoms with Gasteiger partial charge in [0, 0.05) is 12.1 Å². The zero-order chi connectivity index (χ0) is 15.2. The molecule has 0 amide bonds. The lowest BCUT2D eigenvalue weighted by Crippen LogP contribution is -1.95. The van der Waals surface area contributed by atoms with E-state index in [1.807, 2.05) is 24.3 Å². The van der Waals surface area contributed by atoms with Gasteiger partial charge in [0.1, 0.15) is 5.52 Å². The predicted octanol–water partition coefficient (Wildman–Crippen LogP) is 3.33. The molecule has 21 heavy (non-hydrogen) atoms. The third-order valence-electron chi connectivity index (χ3n) is 2.51. The molecule has 0 N–H and O–H groups in total. The average Bonchev–Trinajstić information content (AvgIpc) is 2.96. The van der Waals surface area contributed by atoms with Gasteiger partial charge in [-0.25, -0.2) is 4.98 Å². The maximum atomic E-state index is 10.2. The van der Waals surface area contributed by atoms with Crippen molar-refractivity contribution in [1.29, 1.82) is 0 Å². The van der Waals surface area contributed by atoms with Crippen LogP contribution in [0.5, 0.6) is 0 Å². The van der Waals surface area contributed by atoms with Crippen molar-refractivity contribution in [2.45, 2.75) is 0 Å². The number of rotatable bonds is 2. The van der Waals surface area contributed by atoms with E-state index in [2.05, 4.69) is 4.98 Å². The number of oxazole rings is 1. The first-order chi connectivity index (χ1) is 10.1. The lowest BCUT2D eigenvalue weighted by Gasteiger charge is -1.91. The van der Waals surface area contributed by atoms with E-state index >= 15 is 0 Å². The molecule has 106 valence electrons. The zero-order valence-corrected chi connectivity index (χ0v) is 10.6.